The molecule has 0 aliphatic carbocycles. The molecule has 3 aliphatic heterocycles. The second-order valence-corrected chi connectivity index (χ2v) is 8.51. The molecule has 4 heterocycles. The molecule has 0 radical (unpaired) electrons. The van der Waals surface area contributed by atoms with Gasteiger partial charge in [0.25, 0.3) is 5.91 Å². The van der Waals surface area contributed by atoms with Gasteiger partial charge < -0.3 is 19.7 Å². The molecule has 1 N–H and O–H groups in total. The first kappa shape index (κ1) is 20.1. The SMILES string of the molecule is COc1nc2c(cc1CN1CCC3(CC1)CNC(=O)CCO3)C(=O)N(C(C)C)C2. The quantitative estimate of drug-likeness (QED) is 0.818. The number of amides is 2. The lowest BCUT2D eigenvalue weighted by Gasteiger charge is -2.40. The molecule has 2 amide bonds. The number of carbonyl (C=O) groups is 2. The van der Waals surface area contributed by atoms with Crippen molar-refractivity contribution in [1.29, 1.82) is 0 Å². The number of piperidine rings is 1. The van der Waals surface area contributed by atoms with Crippen molar-refractivity contribution in [2.45, 2.75) is 57.8 Å². The zero-order valence-corrected chi connectivity index (χ0v) is 17.5. The van der Waals surface area contributed by atoms with E-state index >= 15 is 0 Å². The maximum Gasteiger partial charge on any atom is 0.256 e. The minimum absolute atomic E-state index is 0.0478. The van der Waals surface area contributed by atoms with Crippen LogP contribution in [0.5, 0.6) is 5.88 Å². The van der Waals surface area contributed by atoms with Gasteiger partial charge in [-0.2, -0.15) is 0 Å². The van der Waals surface area contributed by atoms with Gasteiger partial charge >= 0.3 is 0 Å². The van der Waals surface area contributed by atoms with Gasteiger partial charge in [-0.1, -0.05) is 0 Å². The number of fused-ring (bicyclic) bond motifs is 1. The Hall–Kier alpha value is -2.19. The zero-order valence-electron chi connectivity index (χ0n) is 17.5. The van der Waals surface area contributed by atoms with Gasteiger partial charge in [-0.15, -0.1) is 0 Å². The largest absolute Gasteiger partial charge is 0.481 e. The number of nitrogens with one attached hydrogen (secondary N) is 1. The van der Waals surface area contributed by atoms with Crippen molar-refractivity contribution < 1.29 is 19.1 Å². The summed E-state index contributed by atoms with van der Waals surface area (Å²) in [5, 5.41) is 2.98. The van der Waals surface area contributed by atoms with Gasteiger partial charge in [0.1, 0.15) is 0 Å². The van der Waals surface area contributed by atoms with Gasteiger partial charge in [-0.3, -0.25) is 14.5 Å². The maximum absolute atomic E-state index is 12.7. The Morgan fingerprint density at radius 1 is 1.31 bits per heavy atom. The highest BCUT2D eigenvalue weighted by molar-refractivity contribution is 5.98. The second-order valence-electron chi connectivity index (χ2n) is 8.51. The van der Waals surface area contributed by atoms with Crippen molar-refractivity contribution >= 4 is 11.8 Å². The van der Waals surface area contributed by atoms with Crippen LogP contribution in [0.1, 0.15) is 54.7 Å². The Bertz CT molecular complexity index is 802. The van der Waals surface area contributed by atoms with Crippen LogP contribution in [-0.2, 0) is 22.6 Å². The number of likely N-dealkylation sites (tertiary alicyclic amines) is 1. The summed E-state index contributed by atoms with van der Waals surface area (Å²) in [7, 11) is 1.63. The van der Waals surface area contributed by atoms with Gasteiger partial charge in [0.15, 0.2) is 0 Å². The fourth-order valence-corrected chi connectivity index (χ4v) is 4.41. The molecule has 0 unspecified atom stereocenters. The van der Waals surface area contributed by atoms with Crippen LogP contribution >= 0.6 is 0 Å². The molecule has 2 saturated heterocycles. The first-order valence-corrected chi connectivity index (χ1v) is 10.4. The maximum atomic E-state index is 12.7. The van der Waals surface area contributed by atoms with Crippen molar-refractivity contribution in [1.82, 2.24) is 20.1 Å². The number of pyridine rings is 1. The minimum atomic E-state index is -0.253. The normalized spacial score (nSPS) is 22.0. The molecular formula is C21H30N4O4. The van der Waals surface area contributed by atoms with Gasteiger partial charge in [0.2, 0.25) is 11.8 Å². The fourth-order valence-electron chi connectivity index (χ4n) is 4.41. The van der Waals surface area contributed by atoms with Crippen LogP contribution in [0, 0.1) is 0 Å². The number of methoxy groups -OCH3 is 1. The summed E-state index contributed by atoms with van der Waals surface area (Å²) >= 11 is 0. The van der Waals surface area contributed by atoms with E-state index in [1.54, 1.807) is 7.11 Å². The second kappa shape index (κ2) is 7.91. The lowest BCUT2D eigenvalue weighted by molar-refractivity contribution is -0.120. The van der Waals surface area contributed by atoms with Crippen molar-refractivity contribution in [3.63, 3.8) is 0 Å². The van der Waals surface area contributed by atoms with Gasteiger partial charge in [0.05, 0.1) is 37.1 Å². The first-order valence-electron chi connectivity index (χ1n) is 10.4. The van der Waals surface area contributed by atoms with E-state index < -0.39 is 0 Å². The number of rotatable bonds is 4. The Morgan fingerprint density at radius 3 is 2.76 bits per heavy atom. The molecule has 158 valence electrons. The molecule has 4 rings (SSSR count). The Labute approximate surface area is 171 Å². The van der Waals surface area contributed by atoms with Crippen molar-refractivity contribution in [3.8, 4) is 5.88 Å². The highest BCUT2D eigenvalue weighted by atomic mass is 16.5. The third-order valence-electron chi connectivity index (χ3n) is 6.28. The molecule has 8 nitrogen and oxygen atoms in total. The molecule has 29 heavy (non-hydrogen) atoms. The molecule has 0 aromatic carbocycles. The molecule has 1 aromatic rings. The van der Waals surface area contributed by atoms with E-state index in [4.69, 9.17) is 9.47 Å². The fraction of sp³-hybridized carbons (Fsp3) is 0.667. The summed E-state index contributed by atoms with van der Waals surface area (Å²) in [5.41, 5.74) is 2.18. The molecule has 3 aliphatic rings. The number of nitrogens with zero attached hydrogens (tertiary/aromatic N) is 3. The number of aromatic nitrogens is 1. The van der Waals surface area contributed by atoms with Crippen LogP contribution in [0.3, 0.4) is 0 Å². The molecule has 0 bridgehead atoms. The highest BCUT2D eigenvalue weighted by Crippen LogP contribution is 2.32. The van der Waals surface area contributed by atoms with E-state index in [-0.39, 0.29) is 23.5 Å². The minimum Gasteiger partial charge on any atom is -0.481 e. The van der Waals surface area contributed by atoms with Crippen LogP contribution in [0.15, 0.2) is 6.07 Å². The van der Waals surface area contributed by atoms with Gasteiger partial charge in [-0.05, 0) is 32.8 Å². The smallest absolute Gasteiger partial charge is 0.256 e. The number of ether oxygens (including phenoxy) is 2. The Morgan fingerprint density at radius 2 is 2.07 bits per heavy atom. The number of hydrogen-bond acceptors (Lipinski definition) is 6. The summed E-state index contributed by atoms with van der Waals surface area (Å²) in [5.74, 6) is 0.713. The highest BCUT2D eigenvalue weighted by Gasteiger charge is 2.38. The van der Waals surface area contributed by atoms with Crippen molar-refractivity contribution in [2.24, 2.45) is 0 Å². The van der Waals surface area contributed by atoms with Crippen molar-refractivity contribution in [2.75, 3.05) is 33.4 Å². The Kier molecular flexibility index (Phi) is 5.48. The van der Waals surface area contributed by atoms with Crippen LogP contribution in [-0.4, -0.2) is 71.6 Å². The molecular weight excluding hydrogens is 372 g/mol. The molecule has 1 aromatic heterocycles. The average molecular weight is 402 g/mol. The predicted molar refractivity (Wildman–Crippen MR) is 107 cm³/mol. The Balaban J connectivity index is 1.45. The topological polar surface area (TPSA) is 84.0 Å². The van der Waals surface area contributed by atoms with Gasteiger partial charge in [0, 0.05) is 44.2 Å². The van der Waals surface area contributed by atoms with Gasteiger partial charge in [-0.25, -0.2) is 4.98 Å². The van der Waals surface area contributed by atoms with Crippen LogP contribution < -0.4 is 10.1 Å². The molecule has 2 fully saturated rings. The summed E-state index contributed by atoms with van der Waals surface area (Å²) in [6.07, 6.45) is 2.17. The van der Waals surface area contributed by atoms with E-state index in [1.807, 2.05) is 24.8 Å². The summed E-state index contributed by atoms with van der Waals surface area (Å²) < 4.78 is 11.6. The van der Waals surface area contributed by atoms with E-state index in [0.717, 1.165) is 37.2 Å². The monoisotopic (exact) mass is 402 g/mol. The summed E-state index contributed by atoms with van der Waals surface area (Å²) in [6, 6.07) is 2.10. The number of carbonyl (C=O) groups excluding carboxylic acids is 2. The standard InChI is InChI=1S/C21H30N4O4/c1-14(2)25-12-17-16(20(25)27)10-15(19(23-17)28-3)11-24-7-5-21(6-8-24)13-22-18(26)4-9-29-21/h10,14H,4-9,11-13H2,1-3H3,(H,22,26). The van der Waals surface area contributed by atoms with E-state index in [1.165, 1.54) is 0 Å². The first-order chi connectivity index (χ1) is 13.9. The summed E-state index contributed by atoms with van der Waals surface area (Å²) in [6.45, 7) is 8.06. The third-order valence-corrected chi connectivity index (χ3v) is 6.28. The van der Waals surface area contributed by atoms with E-state index in [0.29, 0.717) is 44.1 Å². The van der Waals surface area contributed by atoms with E-state index in [2.05, 4.69) is 15.2 Å². The third kappa shape index (κ3) is 3.96. The molecule has 1 spiro atoms. The molecule has 8 heteroatoms. The van der Waals surface area contributed by atoms with Crippen LogP contribution in [0.2, 0.25) is 0 Å². The predicted octanol–water partition coefficient (Wildman–Crippen LogP) is 1.33. The lowest BCUT2D eigenvalue weighted by Crippen LogP contribution is -2.50. The van der Waals surface area contributed by atoms with Crippen LogP contribution in [0.4, 0.5) is 0 Å². The molecule has 0 saturated carbocycles. The number of hydrogen-bond donors (Lipinski definition) is 1. The summed E-state index contributed by atoms with van der Waals surface area (Å²) in [4.78, 5) is 33.2. The van der Waals surface area contributed by atoms with Crippen LogP contribution in [0.25, 0.3) is 0 Å². The zero-order chi connectivity index (χ0) is 20.6. The average Bonchev–Trinajstić information content (AvgIpc) is 2.92. The molecule has 0 atom stereocenters. The van der Waals surface area contributed by atoms with E-state index in [9.17, 15) is 9.59 Å². The lowest BCUT2D eigenvalue weighted by atomic mass is 9.90. The van der Waals surface area contributed by atoms with Crippen molar-refractivity contribution in [3.05, 3.63) is 22.9 Å².